The van der Waals surface area contributed by atoms with Crippen molar-refractivity contribution in [1.82, 2.24) is 10.3 Å². The van der Waals surface area contributed by atoms with Crippen molar-refractivity contribution >= 4 is 5.91 Å². The lowest BCUT2D eigenvalue weighted by atomic mass is 10.2. The fourth-order valence-electron chi connectivity index (χ4n) is 1.50. The highest BCUT2D eigenvalue weighted by Gasteiger charge is 2.12. The number of ether oxygens (including phenoxy) is 1. The van der Waals surface area contributed by atoms with Gasteiger partial charge in [0.2, 0.25) is 0 Å². The standard InChI is InChI=1S/C14H19N3O2/c1-3-19-11(2)10-17-14(18)13-12(6-4-8-15)7-5-9-16-13/h5,7,9,11H,3,8,10,15H2,1-2H3,(H,17,18). The van der Waals surface area contributed by atoms with E-state index in [2.05, 4.69) is 22.1 Å². The Bertz CT molecular complexity index is 477. The molecule has 5 nitrogen and oxygen atoms in total. The van der Waals surface area contributed by atoms with Gasteiger partial charge in [0.1, 0.15) is 5.69 Å². The van der Waals surface area contributed by atoms with Crippen LogP contribution >= 0.6 is 0 Å². The number of carbonyl (C=O) groups is 1. The van der Waals surface area contributed by atoms with Gasteiger partial charge in [0.05, 0.1) is 18.2 Å². The number of nitrogens with zero attached hydrogens (tertiary/aromatic N) is 1. The minimum atomic E-state index is -0.256. The van der Waals surface area contributed by atoms with E-state index in [4.69, 9.17) is 10.5 Å². The normalized spacial score (nSPS) is 11.3. The molecule has 1 aromatic heterocycles. The number of nitrogens with one attached hydrogen (secondary N) is 1. The zero-order valence-corrected chi connectivity index (χ0v) is 11.3. The zero-order valence-electron chi connectivity index (χ0n) is 11.3. The summed E-state index contributed by atoms with van der Waals surface area (Å²) < 4.78 is 5.34. The van der Waals surface area contributed by atoms with Gasteiger partial charge in [0.25, 0.3) is 5.91 Å². The van der Waals surface area contributed by atoms with Crippen LogP contribution in [0.15, 0.2) is 18.3 Å². The molecule has 1 amide bonds. The number of hydrogen-bond donors (Lipinski definition) is 2. The second-order valence-corrected chi connectivity index (χ2v) is 3.88. The fraction of sp³-hybridized carbons (Fsp3) is 0.429. The Balaban J connectivity index is 2.71. The van der Waals surface area contributed by atoms with E-state index in [1.54, 1.807) is 18.3 Å². The number of aromatic nitrogens is 1. The lowest BCUT2D eigenvalue weighted by Crippen LogP contribution is -2.33. The van der Waals surface area contributed by atoms with Gasteiger partial charge in [-0.15, -0.1) is 0 Å². The summed E-state index contributed by atoms with van der Waals surface area (Å²) in [6.45, 7) is 5.12. The summed E-state index contributed by atoms with van der Waals surface area (Å²) in [5.74, 6) is 5.30. The highest BCUT2D eigenvalue weighted by Crippen LogP contribution is 2.03. The topological polar surface area (TPSA) is 77.2 Å². The second kappa shape index (κ2) is 8.25. The molecule has 0 aliphatic carbocycles. The van der Waals surface area contributed by atoms with Crippen molar-refractivity contribution in [3.05, 3.63) is 29.6 Å². The average Bonchev–Trinajstić information content (AvgIpc) is 2.43. The van der Waals surface area contributed by atoms with Crippen molar-refractivity contribution in [2.75, 3.05) is 19.7 Å². The van der Waals surface area contributed by atoms with E-state index in [0.29, 0.717) is 24.4 Å². The Morgan fingerprint density at radius 1 is 1.63 bits per heavy atom. The Morgan fingerprint density at radius 3 is 3.11 bits per heavy atom. The van der Waals surface area contributed by atoms with Gasteiger partial charge in [-0.05, 0) is 26.0 Å². The second-order valence-electron chi connectivity index (χ2n) is 3.88. The Hall–Kier alpha value is -1.90. The first-order chi connectivity index (χ1) is 9.19. The molecule has 0 spiro atoms. The molecule has 1 rings (SSSR count). The minimum absolute atomic E-state index is 0.0313. The molecule has 0 aliphatic heterocycles. The van der Waals surface area contributed by atoms with E-state index >= 15 is 0 Å². The van der Waals surface area contributed by atoms with Crippen LogP contribution in [0.4, 0.5) is 0 Å². The molecule has 3 N–H and O–H groups in total. The number of hydrogen-bond acceptors (Lipinski definition) is 4. The Kier molecular flexibility index (Phi) is 6.58. The lowest BCUT2D eigenvalue weighted by molar-refractivity contribution is 0.0693. The summed E-state index contributed by atoms with van der Waals surface area (Å²) in [6.07, 6.45) is 1.53. The summed E-state index contributed by atoms with van der Waals surface area (Å²) in [7, 11) is 0. The largest absolute Gasteiger partial charge is 0.377 e. The molecular weight excluding hydrogens is 242 g/mol. The molecule has 19 heavy (non-hydrogen) atoms. The third-order valence-corrected chi connectivity index (χ3v) is 2.35. The summed E-state index contributed by atoms with van der Waals surface area (Å²) in [4.78, 5) is 16.1. The SMILES string of the molecule is CCOC(C)CNC(=O)c1ncccc1C#CCN. The Morgan fingerprint density at radius 2 is 2.42 bits per heavy atom. The van der Waals surface area contributed by atoms with Gasteiger partial charge in [-0.1, -0.05) is 11.8 Å². The quantitative estimate of drug-likeness (QED) is 0.759. The van der Waals surface area contributed by atoms with Crippen LogP contribution in [-0.2, 0) is 4.74 Å². The fourth-order valence-corrected chi connectivity index (χ4v) is 1.50. The number of nitrogens with two attached hydrogens (primary N) is 1. The van der Waals surface area contributed by atoms with Gasteiger partial charge in [0, 0.05) is 19.3 Å². The van der Waals surface area contributed by atoms with Crippen molar-refractivity contribution < 1.29 is 9.53 Å². The van der Waals surface area contributed by atoms with E-state index in [9.17, 15) is 4.79 Å². The molecule has 5 heteroatoms. The van der Waals surface area contributed by atoms with Crippen LogP contribution in [0, 0.1) is 11.8 Å². The molecule has 0 saturated heterocycles. The van der Waals surface area contributed by atoms with Crippen LogP contribution in [0.5, 0.6) is 0 Å². The predicted octanol–water partition coefficient (Wildman–Crippen LogP) is 0.547. The molecule has 1 atom stereocenters. The van der Waals surface area contributed by atoms with E-state index < -0.39 is 0 Å². The van der Waals surface area contributed by atoms with Crippen molar-refractivity contribution in [1.29, 1.82) is 0 Å². The van der Waals surface area contributed by atoms with Crippen LogP contribution in [0.25, 0.3) is 0 Å². The van der Waals surface area contributed by atoms with Gasteiger partial charge < -0.3 is 15.8 Å². The first-order valence-electron chi connectivity index (χ1n) is 6.22. The number of carbonyl (C=O) groups excluding carboxylic acids is 1. The van der Waals surface area contributed by atoms with Crippen molar-refractivity contribution in [3.8, 4) is 11.8 Å². The van der Waals surface area contributed by atoms with Crippen molar-refractivity contribution in [3.63, 3.8) is 0 Å². The molecule has 0 aliphatic rings. The summed E-state index contributed by atoms with van der Waals surface area (Å²) in [5, 5.41) is 2.77. The average molecular weight is 261 g/mol. The molecule has 1 unspecified atom stereocenters. The number of rotatable bonds is 5. The van der Waals surface area contributed by atoms with Crippen LogP contribution < -0.4 is 11.1 Å². The smallest absolute Gasteiger partial charge is 0.271 e. The lowest BCUT2D eigenvalue weighted by Gasteiger charge is -2.12. The van der Waals surface area contributed by atoms with Crippen molar-refractivity contribution in [2.24, 2.45) is 5.73 Å². The minimum Gasteiger partial charge on any atom is -0.377 e. The third kappa shape index (κ3) is 5.08. The molecule has 0 radical (unpaired) electrons. The highest BCUT2D eigenvalue weighted by molar-refractivity contribution is 5.94. The van der Waals surface area contributed by atoms with Gasteiger partial charge in [0.15, 0.2) is 0 Å². The first kappa shape index (κ1) is 15.2. The van der Waals surface area contributed by atoms with E-state index in [0.717, 1.165) is 0 Å². The maximum absolute atomic E-state index is 12.0. The third-order valence-electron chi connectivity index (χ3n) is 2.35. The van der Waals surface area contributed by atoms with Gasteiger partial charge in [-0.3, -0.25) is 4.79 Å². The van der Waals surface area contributed by atoms with Crippen LogP contribution in [0.2, 0.25) is 0 Å². The number of pyridine rings is 1. The monoisotopic (exact) mass is 261 g/mol. The maximum Gasteiger partial charge on any atom is 0.271 e. The first-order valence-corrected chi connectivity index (χ1v) is 6.22. The van der Waals surface area contributed by atoms with Gasteiger partial charge >= 0.3 is 0 Å². The van der Waals surface area contributed by atoms with E-state index in [1.165, 1.54) is 0 Å². The maximum atomic E-state index is 12.0. The van der Waals surface area contributed by atoms with Crippen LogP contribution in [-0.4, -0.2) is 36.7 Å². The predicted molar refractivity (Wildman–Crippen MR) is 73.6 cm³/mol. The summed E-state index contributed by atoms with van der Waals surface area (Å²) in [5.41, 5.74) is 6.21. The van der Waals surface area contributed by atoms with E-state index in [-0.39, 0.29) is 18.6 Å². The van der Waals surface area contributed by atoms with E-state index in [1.807, 2.05) is 13.8 Å². The molecule has 0 saturated carbocycles. The van der Waals surface area contributed by atoms with Gasteiger partial charge in [-0.2, -0.15) is 0 Å². The molecule has 0 fully saturated rings. The molecular formula is C14H19N3O2. The zero-order chi connectivity index (χ0) is 14.1. The van der Waals surface area contributed by atoms with Crippen LogP contribution in [0.1, 0.15) is 29.9 Å². The molecule has 102 valence electrons. The molecule has 0 aromatic carbocycles. The van der Waals surface area contributed by atoms with Gasteiger partial charge in [-0.25, -0.2) is 4.98 Å². The molecule has 0 bridgehead atoms. The van der Waals surface area contributed by atoms with Crippen LogP contribution in [0.3, 0.4) is 0 Å². The molecule has 1 aromatic rings. The summed E-state index contributed by atoms with van der Waals surface area (Å²) >= 11 is 0. The van der Waals surface area contributed by atoms with Crippen molar-refractivity contribution in [2.45, 2.75) is 20.0 Å². The summed E-state index contributed by atoms with van der Waals surface area (Å²) in [6, 6.07) is 3.48. The Labute approximate surface area is 113 Å². The number of amides is 1. The molecule has 1 heterocycles. The highest BCUT2D eigenvalue weighted by atomic mass is 16.5.